The van der Waals surface area contributed by atoms with Crippen molar-refractivity contribution in [2.75, 3.05) is 0 Å². The van der Waals surface area contributed by atoms with Crippen molar-refractivity contribution in [2.24, 2.45) is 10.4 Å². The summed E-state index contributed by atoms with van der Waals surface area (Å²) in [5.41, 5.74) is 4.19. The number of nitrogens with zero attached hydrogens (tertiary/aromatic N) is 1. The van der Waals surface area contributed by atoms with Crippen LogP contribution in [-0.2, 0) is 0 Å². The number of rotatable bonds is 2. The highest BCUT2D eigenvalue weighted by Gasteiger charge is 2.32. The molecule has 0 aromatic rings. The average Bonchev–Trinajstić information content (AvgIpc) is 2.19. The van der Waals surface area contributed by atoms with E-state index in [1.807, 2.05) is 6.20 Å². The summed E-state index contributed by atoms with van der Waals surface area (Å²) < 4.78 is 0. The zero-order chi connectivity index (χ0) is 10.8. The van der Waals surface area contributed by atoms with Crippen molar-refractivity contribution in [2.45, 2.75) is 47.5 Å². The molecule has 0 amide bonds. The standard InChI is InChI=1S/C13H21N/c1-6-8-12-10(3)9-14-11(4)13(12,5)7-2/h8-9H,6-7H2,1-5H3/b12-8-. The number of hydrogen-bond donors (Lipinski definition) is 0. The summed E-state index contributed by atoms with van der Waals surface area (Å²) in [7, 11) is 0. The zero-order valence-corrected chi connectivity index (χ0v) is 10.0. The van der Waals surface area contributed by atoms with Crippen molar-refractivity contribution in [1.82, 2.24) is 0 Å². The third-order valence-electron chi connectivity index (χ3n) is 3.39. The van der Waals surface area contributed by atoms with Gasteiger partial charge in [0.15, 0.2) is 0 Å². The maximum atomic E-state index is 4.48. The second-order valence-electron chi connectivity index (χ2n) is 4.24. The van der Waals surface area contributed by atoms with Crippen LogP contribution in [0.15, 0.2) is 28.4 Å². The number of aliphatic imine (C=N–C) groups is 1. The maximum Gasteiger partial charge on any atom is 0.0302 e. The van der Waals surface area contributed by atoms with Gasteiger partial charge in [0, 0.05) is 17.3 Å². The fourth-order valence-corrected chi connectivity index (χ4v) is 2.07. The average molecular weight is 191 g/mol. The lowest BCUT2D eigenvalue weighted by molar-refractivity contribution is 0.531. The van der Waals surface area contributed by atoms with Gasteiger partial charge >= 0.3 is 0 Å². The molecule has 0 aromatic heterocycles. The molecule has 0 aromatic carbocycles. The number of allylic oxidation sites excluding steroid dienone is 3. The molecular formula is C13H21N. The Morgan fingerprint density at radius 3 is 2.50 bits per heavy atom. The van der Waals surface area contributed by atoms with E-state index in [9.17, 15) is 0 Å². The molecular weight excluding hydrogens is 170 g/mol. The van der Waals surface area contributed by atoms with E-state index < -0.39 is 0 Å². The van der Waals surface area contributed by atoms with E-state index in [0.717, 1.165) is 12.8 Å². The summed E-state index contributed by atoms with van der Waals surface area (Å²) in [6.07, 6.45) is 6.56. The largest absolute Gasteiger partial charge is 0.265 e. The Morgan fingerprint density at radius 1 is 1.36 bits per heavy atom. The van der Waals surface area contributed by atoms with Crippen LogP contribution in [0, 0.1) is 5.41 Å². The first kappa shape index (κ1) is 11.2. The normalized spacial score (nSPS) is 30.2. The lowest BCUT2D eigenvalue weighted by Gasteiger charge is -2.34. The molecule has 1 aliphatic rings. The van der Waals surface area contributed by atoms with E-state index in [0.29, 0.717) is 0 Å². The van der Waals surface area contributed by atoms with E-state index in [1.54, 1.807) is 0 Å². The van der Waals surface area contributed by atoms with Crippen LogP contribution < -0.4 is 0 Å². The highest BCUT2D eigenvalue weighted by Crippen LogP contribution is 2.39. The zero-order valence-electron chi connectivity index (χ0n) is 10.0. The quantitative estimate of drug-likeness (QED) is 0.622. The summed E-state index contributed by atoms with van der Waals surface area (Å²) in [4.78, 5) is 4.48. The maximum absolute atomic E-state index is 4.48. The van der Waals surface area contributed by atoms with E-state index >= 15 is 0 Å². The van der Waals surface area contributed by atoms with Crippen LogP contribution in [0.1, 0.15) is 47.5 Å². The fourth-order valence-electron chi connectivity index (χ4n) is 2.07. The molecule has 1 heterocycles. The Morgan fingerprint density at radius 2 is 2.00 bits per heavy atom. The highest BCUT2D eigenvalue weighted by atomic mass is 14.7. The molecule has 1 rings (SSSR count). The molecule has 1 atom stereocenters. The van der Waals surface area contributed by atoms with Crippen molar-refractivity contribution >= 4 is 5.71 Å². The predicted octanol–water partition coefficient (Wildman–Crippen LogP) is 4.12. The molecule has 0 saturated heterocycles. The predicted molar refractivity (Wildman–Crippen MR) is 63.6 cm³/mol. The van der Waals surface area contributed by atoms with E-state index in [4.69, 9.17) is 0 Å². The Kier molecular flexibility index (Phi) is 3.30. The Labute approximate surface area is 87.6 Å². The van der Waals surface area contributed by atoms with Gasteiger partial charge in [0.1, 0.15) is 0 Å². The highest BCUT2D eigenvalue weighted by molar-refractivity contribution is 5.93. The lowest BCUT2D eigenvalue weighted by atomic mass is 9.72. The van der Waals surface area contributed by atoms with Crippen molar-refractivity contribution in [3.63, 3.8) is 0 Å². The summed E-state index contributed by atoms with van der Waals surface area (Å²) in [5, 5.41) is 0. The van der Waals surface area contributed by atoms with Crippen molar-refractivity contribution < 1.29 is 0 Å². The molecule has 78 valence electrons. The van der Waals surface area contributed by atoms with Crippen molar-refractivity contribution in [1.29, 1.82) is 0 Å². The topological polar surface area (TPSA) is 12.4 Å². The SMILES string of the molecule is CC/C=C1/C(C)=CN=C(C)C1(C)CC. The van der Waals surface area contributed by atoms with Crippen molar-refractivity contribution in [3.8, 4) is 0 Å². The second-order valence-corrected chi connectivity index (χ2v) is 4.24. The molecule has 14 heavy (non-hydrogen) atoms. The minimum absolute atomic E-state index is 0.162. The molecule has 0 radical (unpaired) electrons. The van der Waals surface area contributed by atoms with E-state index in [1.165, 1.54) is 16.9 Å². The summed E-state index contributed by atoms with van der Waals surface area (Å²) in [5.74, 6) is 0. The minimum atomic E-state index is 0.162. The van der Waals surface area contributed by atoms with Gasteiger partial charge in [-0.2, -0.15) is 0 Å². The van der Waals surface area contributed by atoms with Crippen LogP contribution in [0.3, 0.4) is 0 Å². The fraction of sp³-hybridized carbons (Fsp3) is 0.615. The van der Waals surface area contributed by atoms with Gasteiger partial charge in [-0.3, -0.25) is 4.99 Å². The molecule has 0 saturated carbocycles. The minimum Gasteiger partial charge on any atom is -0.265 e. The Balaban J connectivity index is 3.20. The van der Waals surface area contributed by atoms with Gasteiger partial charge < -0.3 is 0 Å². The summed E-state index contributed by atoms with van der Waals surface area (Å²) >= 11 is 0. The van der Waals surface area contributed by atoms with Crippen LogP contribution in [0.5, 0.6) is 0 Å². The first-order valence-corrected chi connectivity index (χ1v) is 5.49. The first-order valence-electron chi connectivity index (χ1n) is 5.49. The Hall–Kier alpha value is -0.850. The van der Waals surface area contributed by atoms with Crippen LogP contribution in [0.25, 0.3) is 0 Å². The summed E-state index contributed by atoms with van der Waals surface area (Å²) in [6.45, 7) is 11.0. The van der Waals surface area contributed by atoms with Gasteiger partial charge in [0.2, 0.25) is 0 Å². The van der Waals surface area contributed by atoms with Crippen LogP contribution in [-0.4, -0.2) is 5.71 Å². The monoisotopic (exact) mass is 191 g/mol. The van der Waals surface area contributed by atoms with Gasteiger partial charge in [0.05, 0.1) is 0 Å². The third-order valence-corrected chi connectivity index (χ3v) is 3.39. The molecule has 1 unspecified atom stereocenters. The van der Waals surface area contributed by atoms with Crippen LogP contribution in [0.2, 0.25) is 0 Å². The van der Waals surface area contributed by atoms with Gasteiger partial charge in [-0.25, -0.2) is 0 Å². The molecule has 0 aliphatic carbocycles. The van der Waals surface area contributed by atoms with E-state index in [2.05, 4.69) is 45.7 Å². The smallest absolute Gasteiger partial charge is 0.0302 e. The summed E-state index contributed by atoms with van der Waals surface area (Å²) in [6, 6.07) is 0. The van der Waals surface area contributed by atoms with Gasteiger partial charge in [-0.1, -0.05) is 26.8 Å². The molecule has 0 bridgehead atoms. The molecule has 0 N–H and O–H groups in total. The Bertz CT molecular complexity index is 307. The third kappa shape index (κ3) is 1.68. The van der Waals surface area contributed by atoms with Crippen LogP contribution in [0.4, 0.5) is 0 Å². The lowest BCUT2D eigenvalue weighted by Crippen LogP contribution is -2.30. The van der Waals surface area contributed by atoms with Gasteiger partial charge in [-0.15, -0.1) is 0 Å². The second kappa shape index (κ2) is 4.12. The number of hydrogen-bond acceptors (Lipinski definition) is 1. The first-order chi connectivity index (χ1) is 6.56. The molecule has 0 spiro atoms. The molecule has 1 aliphatic heterocycles. The van der Waals surface area contributed by atoms with Crippen LogP contribution >= 0.6 is 0 Å². The molecule has 0 fully saturated rings. The van der Waals surface area contributed by atoms with E-state index in [-0.39, 0.29) is 5.41 Å². The molecule has 1 nitrogen and oxygen atoms in total. The van der Waals surface area contributed by atoms with Crippen molar-refractivity contribution in [3.05, 3.63) is 23.4 Å². The van der Waals surface area contributed by atoms with Gasteiger partial charge in [-0.05, 0) is 37.8 Å². The van der Waals surface area contributed by atoms with Gasteiger partial charge in [0.25, 0.3) is 0 Å². The molecule has 1 heteroatoms.